The van der Waals surface area contributed by atoms with E-state index in [4.69, 9.17) is 5.73 Å². The summed E-state index contributed by atoms with van der Waals surface area (Å²) in [5.74, 6) is -0.256. The third kappa shape index (κ3) is 4.22. The van der Waals surface area contributed by atoms with Crippen molar-refractivity contribution in [1.82, 2.24) is 9.21 Å². The number of nitrogens with zero attached hydrogens (tertiary/aromatic N) is 2. The summed E-state index contributed by atoms with van der Waals surface area (Å²) in [5.41, 5.74) is 5.83. The lowest BCUT2D eigenvalue weighted by Crippen LogP contribution is -2.36. The van der Waals surface area contributed by atoms with Crippen molar-refractivity contribution < 1.29 is 13.2 Å². The number of amides is 1. The molecule has 1 aliphatic heterocycles. The van der Waals surface area contributed by atoms with Crippen LogP contribution in [0, 0.1) is 5.41 Å². The van der Waals surface area contributed by atoms with Crippen molar-refractivity contribution in [2.45, 2.75) is 38.0 Å². The zero-order valence-corrected chi connectivity index (χ0v) is 16.2. The van der Waals surface area contributed by atoms with E-state index in [9.17, 15) is 13.2 Å². The molecule has 25 heavy (non-hydrogen) atoms. The van der Waals surface area contributed by atoms with E-state index in [-0.39, 0.29) is 21.8 Å². The first-order valence-electron chi connectivity index (χ1n) is 8.80. The van der Waals surface area contributed by atoms with Crippen LogP contribution in [0.15, 0.2) is 29.2 Å². The number of carbonyl (C=O) groups is 1. The number of hydrogen-bond donors (Lipinski definition) is 1. The average molecular weight is 368 g/mol. The van der Waals surface area contributed by atoms with E-state index >= 15 is 0 Å². The maximum absolute atomic E-state index is 13.1. The Morgan fingerprint density at radius 1 is 1.36 bits per heavy atom. The number of rotatable bonds is 7. The fraction of sp³-hybridized carbons (Fsp3) is 0.611. The Labute approximate surface area is 151 Å². The van der Waals surface area contributed by atoms with Crippen LogP contribution < -0.4 is 5.73 Å². The highest BCUT2D eigenvalue weighted by Gasteiger charge is 2.40. The highest BCUT2D eigenvalue weighted by molar-refractivity contribution is 7.89. The average Bonchev–Trinajstić information content (AvgIpc) is 3.03. The van der Waals surface area contributed by atoms with Gasteiger partial charge in [-0.25, -0.2) is 8.42 Å². The first kappa shape index (κ1) is 19.9. The molecule has 7 heteroatoms. The molecule has 2 rings (SSSR count). The van der Waals surface area contributed by atoms with E-state index in [0.29, 0.717) is 26.2 Å². The van der Waals surface area contributed by atoms with Gasteiger partial charge in [0.25, 0.3) is 5.91 Å². The van der Waals surface area contributed by atoms with Crippen LogP contribution in [-0.4, -0.2) is 56.8 Å². The number of unbranched alkanes of at least 4 members (excludes halogenated alkanes) is 1. The van der Waals surface area contributed by atoms with Crippen LogP contribution in [0.4, 0.5) is 0 Å². The molecular weight excluding hydrogens is 338 g/mol. The van der Waals surface area contributed by atoms with Gasteiger partial charge in [0.2, 0.25) is 10.0 Å². The van der Waals surface area contributed by atoms with Crippen molar-refractivity contribution in [2.75, 3.05) is 33.2 Å². The minimum atomic E-state index is -3.72. The summed E-state index contributed by atoms with van der Waals surface area (Å²) < 4.78 is 27.7. The van der Waals surface area contributed by atoms with Crippen LogP contribution in [0.25, 0.3) is 0 Å². The molecule has 0 bridgehead atoms. The Morgan fingerprint density at radius 2 is 2.04 bits per heavy atom. The molecule has 1 saturated heterocycles. The molecule has 1 aliphatic rings. The summed E-state index contributed by atoms with van der Waals surface area (Å²) in [5, 5.41) is 0. The quantitative estimate of drug-likeness (QED) is 0.798. The molecule has 1 aromatic rings. The van der Waals surface area contributed by atoms with Crippen molar-refractivity contribution in [2.24, 2.45) is 11.1 Å². The summed E-state index contributed by atoms with van der Waals surface area (Å²) in [6.45, 7) is 5.93. The van der Waals surface area contributed by atoms with Crippen LogP contribution in [0.2, 0.25) is 0 Å². The molecule has 1 fully saturated rings. The van der Waals surface area contributed by atoms with Crippen LogP contribution in [0.5, 0.6) is 0 Å². The summed E-state index contributed by atoms with van der Waals surface area (Å²) in [6, 6.07) is 6.48. The second-order valence-corrected chi connectivity index (χ2v) is 9.09. The van der Waals surface area contributed by atoms with E-state index in [0.717, 1.165) is 19.3 Å². The molecule has 0 saturated carbocycles. The van der Waals surface area contributed by atoms with Crippen molar-refractivity contribution >= 4 is 15.9 Å². The molecule has 1 heterocycles. The molecule has 1 amide bonds. The van der Waals surface area contributed by atoms with Crippen LogP contribution >= 0.6 is 0 Å². The van der Waals surface area contributed by atoms with Crippen LogP contribution in [0.1, 0.15) is 43.5 Å². The van der Waals surface area contributed by atoms with Crippen LogP contribution in [-0.2, 0) is 10.0 Å². The normalized spacial score (nSPS) is 21.4. The summed E-state index contributed by atoms with van der Waals surface area (Å²) in [7, 11) is -2.01. The topological polar surface area (TPSA) is 83.7 Å². The molecule has 1 atom stereocenters. The number of benzene rings is 1. The molecule has 0 aliphatic carbocycles. The predicted molar refractivity (Wildman–Crippen MR) is 98.8 cm³/mol. The molecule has 6 nitrogen and oxygen atoms in total. The van der Waals surface area contributed by atoms with E-state index in [1.54, 1.807) is 30.1 Å². The lowest BCUT2D eigenvalue weighted by Gasteiger charge is -2.24. The Kier molecular flexibility index (Phi) is 6.24. The summed E-state index contributed by atoms with van der Waals surface area (Å²) >= 11 is 0. The van der Waals surface area contributed by atoms with E-state index in [2.05, 4.69) is 6.92 Å². The predicted octanol–water partition coefficient (Wildman–Crippen LogP) is 1.92. The third-order valence-electron chi connectivity index (χ3n) is 4.94. The fourth-order valence-electron chi connectivity index (χ4n) is 3.06. The lowest BCUT2D eigenvalue weighted by molar-refractivity contribution is 0.0789. The standard InChI is InChI=1S/C18H29N3O3S/c1-4-5-11-20(3)17(22)15-8-6-7-9-16(15)25(23,24)21-12-10-18(2,13-19)14-21/h6-9H,4-5,10-14,19H2,1-3H3. The molecule has 2 N–H and O–H groups in total. The smallest absolute Gasteiger partial charge is 0.254 e. The van der Waals surface area contributed by atoms with Gasteiger partial charge < -0.3 is 10.6 Å². The largest absolute Gasteiger partial charge is 0.342 e. The van der Waals surface area contributed by atoms with Gasteiger partial charge in [-0.1, -0.05) is 32.4 Å². The maximum atomic E-state index is 13.1. The lowest BCUT2D eigenvalue weighted by atomic mass is 9.90. The van der Waals surface area contributed by atoms with Gasteiger partial charge in [-0.05, 0) is 36.9 Å². The highest BCUT2D eigenvalue weighted by Crippen LogP contribution is 2.33. The Morgan fingerprint density at radius 3 is 2.64 bits per heavy atom. The zero-order chi connectivity index (χ0) is 18.7. The second-order valence-electron chi connectivity index (χ2n) is 7.18. The van der Waals surface area contributed by atoms with Gasteiger partial charge in [-0.3, -0.25) is 4.79 Å². The SMILES string of the molecule is CCCCN(C)C(=O)c1ccccc1S(=O)(=O)N1CCC(C)(CN)C1. The summed E-state index contributed by atoms with van der Waals surface area (Å²) in [4.78, 5) is 14.4. The number of nitrogens with two attached hydrogens (primary N) is 1. The van der Waals surface area contributed by atoms with Gasteiger partial charge in [0, 0.05) is 26.7 Å². The van der Waals surface area contributed by atoms with Crippen molar-refractivity contribution in [1.29, 1.82) is 0 Å². The molecule has 0 aromatic heterocycles. The Hall–Kier alpha value is -1.44. The highest BCUT2D eigenvalue weighted by atomic mass is 32.2. The van der Waals surface area contributed by atoms with Gasteiger partial charge >= 0.3 is 0 Å². The van der Waals surface area contributed by atoms with Crippen molar-refractivity contribution in [3.63, 3.8) is 0 Å². The molecule has 140 valence electrons. The molecular formula is C18H29N3O3S. The molecule has 0 radical (unpaired) electrons. The van der Waals surface area contributed by atoms with Crippen molar-refractivity contribution in [3.05, 3.63) is 29.8 Å². The third-order valence-corrected chi connectivity index (χ3v) is 6.85. The van der Waals surface area contributed by atoms with Gasteiger partial charge in [0.15, 0.2) is 0 Å². The summed E-state index contributed by atoms with van der Waals surface area (Å²) in [6.07, 6.45) is 2.59. The van der Waals surface area contributed by atoms with Gasteiger partial charge in [0.05, 0.1) is 10.5 Å². The minimum absolute atomic E-state index is 0.0876. The van der Waals surface area contributed by atoms with Crippen LogP contribution in [0.3, 0.4) is 0 Å². The number of sulfonamides is 1. The molecule has 1 aromatic carbocycles. The van der Waals surface area contributed by atoms with E-state index < -0.39 is 10.0 Å². The Balaban J connectivity index is 2.32. The van der Waals surface area contributed by atoms with Crippen molar-refractivity contribution in [3.8, 4) is 0 Å². The molecule has 1 unspecified atom stereocenters. The minimum Gasteiger partial charge on any atom is -0.342 e. The molecule has 0 spiro atoms. The first-order chi connectivity index (χ1) is 11.7. The number of carbonyl (C=O) groups excluding carboxylic acids is 1. The zero-order valence-electron chi connectivity index (χ0n) is 15.4. The van der Waals surface area contributed by atoms with E-state index in [1.165, 1.54) is 10.4 Å². The van der Waals surface area contributed by atoms with Gasteiger partial charge in [-0.15, -0.1) is 0 Å². The first-order valence-corrected chi connectivity index (χ1v) is 10.2. The van der Waals surface area contributed by atoms with Gasteiger partial charge in [0.1, 0.15) is 0 Å². The van der Waals surface area contributed by atoms with E-state index in [1.807, 2.05) is 6.92 Å². The number of hydrogen-bond acceptors (Lipinski definition) is 4. The van der Waals surface area contributed by atoms with Gasteiger partial charge in [-0.2, -0.15) is 4.31 Å². The maximum Gasteiger partial charge on any atom is 0.254 e. The second kappa shape index (κ2) is 7.85. The Bertz CT molecular complexity index is 720. The fourth-order valence-corrected chi connectivity index (χ4v) is 4.84. The monoisotopic (exact) mass is 367 g/mol.